The maximum atomic E-state index is 11.3. The van der Waals surface area contributed by atoms with Crippen molar-refractivity contribution in [2.45, 2.75) is 33.7 Å². The van der Waals surface area contributed by atoms with E-state index in [0.717, 1.165) is 17.3 Å². The van der Waals surface area contributed by atoms with Gasteiger partial charge in [-0.3, -0.25) is 4.79 Å². The molecule has 5 nitrogen and oxygen atoms in total. The van der Waals surface area contributed by atoms with Gasteiger partial charge in [0.2, 0.25) is 0 Å². The van der Waals surface area contributed by atoms with Crippen molar-refractivity contribution in [3.05, 3.63) is 41.7 Å². The molecule has 2 rings (SSSR count). The van der Waals surface area contributed by atoms with Crippen LogP contribution in [0.25, 0.3) is 0 Å². The van der Waals surface area contributed by atoms with E-state index in [1.165, 1.54) is 0 Å². The summed E-state index contributed by atoms with van der Waals surface area (Å²) >= 11 is 0. The molecule has 1 heterocycles. The molecule has 21 heavy (non-hydrogen) atoms. The molecule has 0 fully saturated rings. The van der Waals surface area contributed by atoms with E-state index in [2.05, 4.69) is 34.4 Å². The van der Waals surface area contributed by atoms with E-state index in [9.17, 15) is 4.79 Å². The maximum Gasteiger partial charge on any atom is 0.159 e. The Labute approximate surface area is 124 Å². The standard InChI is InChI=1S/C16H20N4O/c1-10(2)17-15-9-16(19-12(4)18-15)20-14-7-5-13(6-8-14)11(3)21/h5-10H,1-4H3,(H2,17,18,19,20). The first-order chi connectivity index (χ1) is 9.94. The molecule has 0 aliphatic heterocycles. The summed E-state index contributed by atoms with van der Waals surface area (Å²) in [6.45, 7) is 7.53. The van der Waals surface area contributed by atoms with Gasteiger partial charge in [0.25, 0.3) is 0 Å². The molecule has 0 saturated heterocycles. The number of hydrogen-bond donors (Lipinski definition) is 2. The number of carbonyl (C=O) groups excluding carboxylic acids is 1. The van der Waals surface area contributed by atoms with Crippen LogP contribution in [0.2, 0.25) is 0 Å². The molecule has 2 aromatic rings. The average Bonchev–Trinajstić information content (AvgIpc) is 2.37. The lowest BCUT2D eigenvalue weighted by Gasteiger charge is -2.12. The summed E-state index contributed by atoms with van der Waals surface area (Å²) in [7, 11) is 0. The zero-order valence-corrected chi connectivity index (χ0v) is 12.8. The van der Waals surface area contributed by atoms with E-state index in [0.29, 0.717) is 17.4 Å². The molecule has 0 spiro atoms. The summed E-state index contributed by atoms with van der Waals surface area (Å²) in [4.78, 5) is 20.0. The Kier molecular flexibility index (Phi) is 4.52. The van der Waals surface area contributed by atoms with Crippen LogP contribution in [0.1, 0.15) is 37.0 Å². The molecule has 5 heteroatoms. The molecule has 1 aromatic heterocycles. The number of anilines is 3. The Morgan fingerprint density at radius 3 is 2.29 bits per heavy atom. The third-order valence-corrected chi connectivity index (χ3v) is 2.84. The van der Waals surface area contributed by atoms with Gasteiger partial charge in [0, 0.05) is 23.4 Å². The van der Waals surface area contributed by atoms with Crippen LogP contribution in [0.3, 0.4) is 0 Å². The number of hydrogen-bond acceptors (Lipinski definition) is 5. The zero-order valence-electron chi connectivity index (χ0n) is 12.8. The van der Waals surface area contributed by atoms with Gasteiger partial charge < -0.3 is 10.6 Å². The molecule has 1 aromatic carbocycles. The van der Waals surface area contributed by atoms with Crippen LogP contribution in [0.5, 0.6) is 0 Å². The van der Waals surface area contributed by atoms with Gasteiger partial charge in [-0.1, -0.05) is 0 Å². The van der Waals surface area contributed by atoms with Crippen LogP contribution in [0.15, 0.2) is 30.3 Å². The maximum absolute atomic E-state index is 11.3. The summed E-state index contributed by atoms with van der Waals surface area (Å²) in [6.07, 6.45) is 0. The molecule has 0 atom stereocenters. The SMILES string of the molecule is CC(=O)c1ccc(Nc2cc(NC(C)C)nc(C)n2)cc1. The van der Waals surface area contributed by atoms with Crippen LogP contribution in [0, 0.1) is 6.92 Å². The lowest BCUT2D eigenvalue weighted by atomic mass is 10.1. The largest absolute Gasteiger partial charge is 0.368 e. The quantitative estimate of drug-likeness (QED) is 0.822. The van der Waals surface area contributed by atoms with Crippen molar-refractivity contribution in [1.82, 2.24) is 9.97 Å². The Balaban J connectivity index is 2.18. The van der Waals surface area contributed by atoms with E-state index in [1.807, 2.05) is 25.1 Å². The third-order valence-electron chi connectivity index (χ3n) is 2.84. The Bertz CT molecular complexity index is 635. The summed E-state index contributed by atoms with van der Waals surface area (Å²) < 4.78 is 0. The van der Waals surface area contributed by atoms with Crippen molar-refractivity contribution < 1.29 is 4.79 Å². The predicted octanol–water partition coefficient (Wildman–Crippen LogP) is 3.55. The Hall–Kier alpha value is -2.43. The number of aromatic nitrogens is 2. The second-order valence-corrected chi connectivity index (χ2v) is 5.24. The van der Waals surface area contributed by atoms with Crippen LogP contribution in [-0.2, 0) is 0 Å². The van der Waals surface area contributed by atoms with Crippen molar-refractivity contribution in [2.24, 2.45) is 0 Å². The summed E-state index contributed by atoms with van der Waals surface area (Å²) in [5.41, 5.74) is 1.58. The van der Waals surface area contributed by atoms with Crippen molar-refractivity contribution in [1.29, 1.82) is 0 Å². The van der Waals surface area contributed by atoms with Gasteiger partial charge >= 0.3 is 0 Å². The minimum atomic E-state index is 0.0582. The fourth-order valence-electron chi connectivity index (χ4n) is 1.94. The summed E-state index contributed by atoms with van der Waals surface area (Å²) in [5.74, 6) is 2.27. The smallest absolute Gasteiger partial charge is 0.159 e. The van der Waals surface area contributed by atoms with E-state index in [4.69, 9.17) is 0 Å². The van der Waals surface area contributed by atoms with Gasteiger partial charge in [-0.05, 0) is 52.0 Å². The van der Waals surface area contributed by atoms with Gasteiger partial charge in [0.15, 0.2) is 5.78 Å². The third kappa shape index (κ3) is 4.27. The van der Waals surface area contributed by atoms with Gasteiger partial charge in [0.05, 0.1) is 0 Å². The molecule has 0 unspecified atom stereocenters. The summed E-state index contributed by atoms with van der Waals surface area (Å²) in [6, 6.07) is 9.50. The molecule has 0 amide bonds. The first kappa shape index (κ1) is 15.0. The summed E-state index contributed by atoms with van der Waals surface area (Å²) in [5, 5.41) is 6.48. The Morgan fingerprint density at radius 1 is 1.10 bits per heavy atom. The number of rotatable bonds is 5. The average molecular weight is 284 g/mol. The van der Waals surface area contributed by atoms with Crippen LogP contribution < -0.4 is 10.6 Å². The van der Waals surface area contributed by atoms with Crippen LogP contribution >= 0.6 is 0 Å². The number of benzene rings is 1. The highest BCUT2D eigenvalue weighted by molar-refractivity contribution is 5.94. The second kappa shape index (κ2) is 6.35. The molecule has 0 aliphatic rings. The van der Waals surface area contributed by atoms with E-state index >= 15 is 0 Å². The lowest BCUT2D eigenvalue weighted by molar-refractivity contribution is 0.101. The Morgan fingerprint density at radius 2 is 1.71 bits per heavy atom. The van der Waals surface area contributed by atoms with Gasteiger partial charge in [-0.15, -0.1) is 0 Å². The number of carbonyl (C=O) groups is 1. The second-order valence-electron chi connectivity index (χ2n) is 5.24. The molecule has 2 N–H and O–H groups in total. The highest BCUT2D eigenvalue weighted by atomic mass is 16.1. The highest BCUT2D eigenvalue weighted by Gasteiger charge is 2.04. The molecular weight excluding hydrogens is 264 g/mol. The number of nitrogens with one attached hydrogen (secondary N) is 2. The van der Waals surface area contributed by atoms with Crippen LogP contribution in [0.4, 0.5) is 17.3 Å². The fourth-order valence-corrected chi connectivity index (χ4v) is 1.94. The zero-order chi connectivity index (χ0) is 15.4. The van der Waals surface area contributed by atoms with E-state index in [-0.39, 0.29) is 5.78 Å². The highest BCUT2D eigenvalue weighted by Crippen LogP contribution is 2.18. The number of ketones is 1. The van der Waals surface area contributed by atoms with Crippen molar-refractivity contribution >= 4 is 23.1 Å². The lowest BCUT2D eigenvalue weighted by Crippen LogP contribution is -2.12. The normalized spacial score (nSPS) is 10.5. The van der Waals surface area contributed by atoms with Gasteiger partial charge in [0.1, 0.15) is 17.5 Å². The minimum absolute atomic E-state index is 0.0582. The van der Waals surface area contributed by atoms with Crippen molar-refractivity contribution in [2.75, 3.05) is 10.6 Å². The fraction of sp³-hybridized carbons (Fsp3) is 0.312. The first-order valence-electron chi connectivity index (χ1n) is 6.94. The number of Topliss-reactive ketones (excluding diaryl/α,β-unsaturated/α-hetero) is 1. The molecule has 0 saturated carbocycles. The molecule has 0 bridgehead atoms. The van der Waals surface area contributed by atoms with Crippen molar-refractivity contribution in [3.63, 3.8) is 0 Å². The molecular formula is C16H20N4O. The van der Waals surface area contributed by atoms with Gasteiger partial charge in [-0.2, -0.15) is 0 Å². The topological polar surface area (TPSA) is 66.9 Å². The first-order valence-corrected chi connectivity index (χ1v) is 6.94. The molecule has 0 radical (unpaired) electrons. The predicted molar refractivity (Wildman–Crippen MR) is 85.3 cm³/mol. The monoisotopic (exact) mass is 284 g/mol. The van der Waals surface area contributed by atoms with E-state index in [1.54, 1.807) is 19.1 Å². The molecule has 110 valence electrons. The minimum Gasteiger partial charge on any atom is -0.368 e. The van der Waals surface area contributed by atoms with Gasteiger partial charge in [-0.25, -0.2) is 9.97 Å². The van der Waals surface area contributed by atoms with Crippen LogP contribution in [-0.4, -0.2) is 21.8 Å². The van der Waals surface area contributed by atoms with E-state index < -0.39 is 0 Å². The van der Waals surface area contributed by atoms with Crippen molar-refractivity contribution in [3.8, 4) is 0 Å². The number of nitrogens with zero attached hydrogens (tertiary/aromatic N) is 2. The molecule has 0 aliphatic carbocycles. The number of aryl methyl sites for hydroxylation is 1.